The Labute approximate surface area is 218 Å². The van der Waals surface area contributed by atoms with Crippen molar-refractivity contribution in [3.8, 4) is 0 Å². The van der Waals surface area contributed by atoms with Gasteiger partial charge < -0.3 is 20.3 Å². The number of benzene rings is 1. The molecule has 0 radical (unpaired) electrons. The maximum absolute atomic E-state index is 14.3. The minimum atomic E-state index is -0.751. The number of ether oxygens (including phenoxy) is 1. The average molecular weight is 545 g/mol. The molecule has 1 saturated heterocycles. The molecule has 3 atom stereocenters. The van der Waals surface area contributed by atoms with Crippen LogP contribution in [-0.2, 0) is 9.53 Å². The molecule has 1 amide bonds. The van der Waals surface area contributed by atoms with E-state index in [1.807, 2.05) is 6.07 Å². The van der Waals surface area contributed by atoms with Gasteiger partial charge in [-0.3, -0.25) is 4.79 Å². The van der Waals surface area contributed by atoms with E-state index in [4.69, 9.17) is 45.3 Å². The number of alkyl halides is 1. The molecule has 188 valence electrons. The molecule has 35 heavy (non-hydrogen) atoms. The zero-order chi connectivity index (χ0) is 25.3. The molecule has 2 aliphatic carbocycles. The lowest BCUT2D eigenvalue weighted by atomic mass is 10.0. The second-order valence-corrected chi connectivity index (χ2v) is 10.2. The van der Waals surface area contributed by atoms with Gasteiger partial charge in [-0.15, -0.1) is 11.6 Å². The molecule has 10 heteroatoms. The predicted octanol–water partition coefficient (Wildman–Crippen LogP) is 5.89. The van der Waals surface area contributed by atoms with Gasteiger partial charge in [-0.05, 0) is 42.3 Å². The van der Waals surface area contributed by atoms with E-state index < -0.39 is 23.1 Å². The molecule has 5 nitrogen and oxygen atoms in total. The maximum atomic E-state index is 14.3. The first-order valence-electron chi connectivity index (χ1n) is 11.3. The Hall–Kier alpha value is -2.06. The molecular formula is C25H26Cl3F2N3O2. The molecule has 2 unspecified atom stereocenters. The monoisotopic (exact) mass is 543 g/mol. The highest BCUT2D eigenvalue weighted by Gasteiger charge is 2.35. The largest absolute Gasteiger partial charge is 0.398 e. The highest BCUT2D eigenvalue weighted by atomic mass is 35.5. The minimum Gasteiger partial charge on any atom is -0.398 e. The molecule has 0 saturated carbocycles. The van der Waals surface area contributed by atoms with Crippen LogP contribution in [0.3, 0.4) is 0 Å². The van der Waals surface area contributed by atoms with Gasteiger partial charge in [0, 0.05) is 56.9 Å². The van der Waals surface area contributed by atoms with Crippen LogP contribution in [0.4, 0.5) is 20.2 Å². The predicted molar refractivity (Wildman–Crippen MR) is 137 cm³/mol. The third kappa shape index (κ3) is 5.69. The Morgan fingerprint density at radius 2 is 2.03 bits per heavy atom. The van der Waals surface area contributed by atoms with Gasteiger partial charge in [0.05, 0.1) is 21.1 Å². The van der Waals surface area contributed by atoms with E-state index in [1.54, 1.807) is 17.0 Å². The number of amides is 1. The SMILES string of the molecule is COC1CC(C(=O)N2CC[C@H](N(CC3=CC(F)=C(Cl)CC3Cl)c3ccc(N)c(Cl)c3)C2)=CC=C1F. The summed E-state index contributed by atoms with van der Waals surface area (Å²) in [5.74, 6) is -1.04. The van der Waals surface area contributed by atoms with Crippen LogP contribution in [0.5, 0.6) is 0 Å². The van der Waals surface area contributed by atoms with Crippen molar-refractivity contribution in [1.29, 1.82) is 0 Å². The van der Waals surface area contributed by atoms with E-state index >= 15 is 0 Å². The van der Waals surface area contributed by atoms with E-state index in [0.29, 0.717) is 47.9 Å². The lowest BCUT2D eigenvalue weighted by molar-refractivity contribution is -0.126. The number of hydrogen-bond donors (Lipinski definition) is 1. The summed E-state index contributed by atoms with van der Waals surface area (Å²) in [6.45, 7) is 1.29. The van der Waals surface area contributed by atoms with Crippen LogP contribution >= 0.6 is 34.8 Å². The Kier molecular flexibility index (Phi) is 8.11. The van der Waals surface area contributed by atoms with Crippen LogP contribution in [0.1, 0.15) is 19.3 Å². The molecule has 1 aliphatic heterocycles. The second kappa shape index (κ2) is 10.9. The summed E-state index contributed by atoms with van der Waals surface area (Å²) >= 11 is 18.8. The number of nitrogen functional groups attached to an aromatic ring is 1. The van der Waals surface area contributed by atoms with Crippen molar-refractivity contribution in [2.45, 2.75) is 36.8 Å². The van der Waals surface area contributed by atoms with Crippen LogP contribution in [0.15, 0.2) is 64.3 Å². The van der Waals surface area contributed by atoms with E-state index in [-0.39, 0.29) is 29.8 Å². The number of hydrogen-bond acceptors (Lipinski definition) is 4. The molecular weight excluding hydrogens is 519 g/mol. The van der Waals surface area contributed by atoms with Crippen molar-refractivity contribution in [1.82, 2.24) is 4.90 Å². The normalized spacial score (nSPS) is 24.8. The second-order valence-electron chi connectivity index (χ2n) is 8.84. The first-order chi connectivity index (χ1) is 16.7. The van der Waals surface area contributed by atoms with Crippen LogP contribution in [0, 0.1) is 0 Å². The number of allylic oxidation sites excluding steroid dienone is 5. The highest BCUT2D eigenvalue weighted by Crippen LogP contribution is 2.35. The summed E-state index contributed by atoms with van der Waals surface area (Å²) in [6.07, 6.45) is 4.50. The van der Waals surface area contributed by atoms with Crippen molar-refractivity contribution in [3.05, 3.63) is 69.3 Å². The average Bonchev–Trinajstić information content (AvgIpc) is 3.32. The highest BCUT2D eigenvalue weighted by molar-refractivity contribution is 6.33. The maximum Gasteiger partial charge on any atom is 0.249 e. The van der Waals surface area contributed by atoms with Gasteiger partial charge in [-0.2, -0.15) is 0 Å². The van der Waals surface area contributed by atoms with Crippen molar-refractivity contribution in [2.75, 3.05) is 37.4 Å². The van der Waals surface area contributed by atoms with E-state index in [0.717, 1.165) is 5.69 Å². The number of halogens is 5. The lowest BCUT2D eigenvalue weighted by Gasteiger charge is -2.34. The fraction of sp³-hybridized carbons (Fsp3) is 0.400. The van der Waals surface area contributed by atoms with Gasteiger partial charge >= 0.3 is 0 Å². The quantitative estimate of drug-likeness (QED) is 0.359. The summed E-state index contributed by atoms with van der Waals surface area (Å²) in [7, 11) is 1.42. The Morgan fingerprint density at radius 1 is 1.26 bits per heavy atom. The third-order valence-corrected chi connectivity index (χ3v) is 7.70. The summed E-state index contributed by atoms with van der Waals surface area (Å²) < 4.78 is 33.3. The Morgan fingerprint density at radius 3 is 2.74 bits per heavy atom. The standard InChI is InChI=1S/C25H26Cl3F2N3O2/c1-35-24-9-14(2-4-21(24)29)25(34)32-7-6-17(13-32)33(16-3-5-23(31)20(28)10-16)12-15-8-22(30)19(27)11-18(15)26/h2-5,8,10,17-18,24H,6-7,9,11-13,31H2,1H3/t17-,18?,24?/m0/s1. The number of carbonyl (C=O) groups excluding carboxylic acids is 1. The molecule has 4 rings (SSSR count). The zero-order valence-electron chi connectivity index (χ0n) is 19.1. The van der Waals surface area contributed by atoms with Crippen LogP contribution in [0.2, 0.25) is 5.02 Å². The van der Waals surface area contributed by atoms with Gasteiger partial charge in [0.25, 0.3) is 0 Å². The van der Waals surface area contributed by atoms with Crippen LogP contribution < -0.4 is 10.6 Å². The number of nitrogens with two attached hydrogens (primary N) is 1. The minimum absolute atomic E-state index is 0.0810. The van der Waals surface area contributed by atoms with Gasteiger partial charge in [0.15, 0.2) is 0 Å². The number of carbonyl (C=O) groups is 1. The van der Waals surface area contributed by atoms with Crippen molar-refractivity contribution < 1.29 is 18.3 Å². The summed E-state index contributed by atoms with van der Waals surface area (Å²) in [5.41, 5.74) is 8.32. The van der Waals surface area contributed by atoms with Crippen molar-refractivity contribution in [2.24, 2.45) is 0 Å². The number of likely N-dealkylation sites (tertiary alicyclic amines) is 1. The number of anilines is 2. The van der Waals surface area contributed by atoms with Gasteiger partial charge in [-0.25, -0.2) is 8.78 Å². The molecule has 0 bridgehead atoms. The first kappa shape index (κ1) is 26.0. The smallest absolute Gasteiger partial charge is 0.249 e. The molecule has 1 heterocycles. The molecule has 2 N–H and O–H groups in total. The Bertz CT molecular complexity index is 1130. The van der Waals surface area contributed by atoms with Gasteiger partial charge in [0.2, 0.25) is 5.91 Å². The molecule has 0 spiro atoms. The zero-order valence-corrected chi connectivity index (χ0v) is 21.4. The fourth-order valence-electron chi connectivity index (χ4n) is 4.58. The van der Waals surface area contributed by atoms with Crippen LogP contribution in [0.25, 0.3) is 0 Å². The van der Waals surface area contributed by atoms with Gasteiger partial charge in [-0.1, -0.05) is 29.3 Å². The molecule has 0 aromatic heterocycles. The van der Waals surface area contributed by atoms with Crippen molar-refractivity contribution >= 4 is 52.1 Å². The molecule has 3 aliphatic rings. The van der Waals surface area contributed by atoms with Gasteiger partial charge in [0.1, 0.15) is 17.8 Å². The number of rotatable bonds is 6. The Balaban J connectivity index is 1.57. The number of methoxy groups -OCH3 is 1. The lowest BCUT2D eigenvalue weighted by Crippen LogP contribution is -2.41. The molecule has 1 fully saturated rings. The van der Waals surface area contributed by atoms with E-state index in [1.165, 1.54) is 25.3 Å². The van der Waals surface area contributed by atoms with E-state index in [9.17, 15) is 13.6 Å². The molecule has 1 aromatic rings. The fourth-order valence-corrected chi connectivity index (χ4v) is 5.32. The van der Waals surface area contributed by atoms with Crippen LogP contribution in [-0.4, -0.2) is 55.1 Å². The summed E-state index contributed by atoms with van der Waals surface area (Å²) in [6, 6.07) is 5.24. The topological polar surface area (TPSA) is 58.8 Å². The van der Waals surface area contributed by atoms with Crippen molar-refractivity contribution in [3.63, 3.8) is 0 Å². The molecule has 1 aromatic carbocycles. The number of nitrogens with zero attached hydrogens (tertiary/aromatic N) is 2. The third-order valence-electron chi connectivity index (χ3n) is 6.61. The summed E-state index contributed by atoms with van der Waals surface area (Å²) in [5, 5.41) is 0.0569. The first-order valence-corrected chi connectivity index (χ1v) is 12.5. The van der Waals surface area contributed by atoms with E-state index in [2.05, 4.69) is 4.90 Å². The summed E-state index contributed by atoms with van der Waals surface area (Å²) in [4.78, 5) is 17.0.